The molecule has 0 unspecified atom stereocenters. The minimum absolute atomic E-state index is 0.223. The largest absolute Gasteiger partial charge is 0.266 e. The maximum absolute atomic E-state index is 12.9. The van der Waals surface area contributed by atoms with Crippen molar-refractivity contribution in [1.82, 2.24) is 14.5 Å². The molecule has 0 saturated heterocycles. The molecule has 0 spiro atoms. The first-order valence-corrected chi connectivity index (χ1v) is 10.7. The average molecular weight is 384 g/mol. The maximum atomic E-state index is 12.9. The number of benzene rings is 2. The van der Waals surface area contributed by atoms with Crippen LogP contribution in [0.15, 0.2) is 71.8 Å². The minimum atomic E-state index is -3.62. The molecule has 0 bridgehead atoms. The van der Waals surface area contributed by atoms with Gasteiger partial charge in [-0.25, -0.2) is 13.1 Å². The van der Waals surface area contributed by atoms with Gasteiger partial charge in [-0.15, -0.1) is 0 Å². The molecule has 27 heavy (non-hydrogen) atoms. The van der Waals surface area contributed by atoms with Gasteiger partial charge in [0, 0.05) is 18.3 Å². The van der Waals surface area contributed by atoms with Crippen molar-refractivity contribution < 1.29 is 8.42 Å². The Labute approximate surface area is 161 Å². The Morgan fingerprint density at radius 2 is 1.63 bits per heavy atom. The number of nitrogens with zero attached hydrogens (tertiary/aromatic N) is 2. The van der Waals surface area contributed by atoms with Crippen LogP contribution in [0.4, 0.5) is 0 Å². The van der Waals surface area contributed by atoms with E-state index in [0.29, 0.717) is 18.8 Å². The summed E-state index contributed by atoms with van der Waals surface area (Å²) in [6.07, 6.45) is 4.50. The van der Waals surface area contributed by atoms with Crippen molar-refractivity contribution in [1.29, 1.82) is 0 Å². The van der Waals surface area contributed by atoms with E-state index in [2.05, 4.69) is 16.7 Å². The van der Waals surface area contributed by atoms with Crippen molar-refractivity contribution >= 4 is 10.0 Å². The summed E-state index contributed by atoms with van der Waals surface area (Å²) in [6.45, 7) is 3.05. The van der Waals surface area contributed by atoms with Crippen LogP contribution in [0, 0.1) is 0 Å². The summed E-state index contributed by atoms with van der Waals surface area (Å²) in [7, 11) is -3.62. The predicted molar refractivity (Wildman–Crippen MR) is 108 cm³/mol. The Morgan fingerprint density at radius 3 is 2.30 bits per heavy atom. The molecule has 3 rings (SSSR count). The Kier molecular flexibility index (Phi) is 6.42. The zero-order valence-electron chi connectivity index (χ0n) is 15.5. The lowest BCUT2D eigenvalue weighted by molar-refractivity contribution is 0.576. The highest BCUT2D eigenvalue weighted by Crippen LogP contribution is 2.26. The third kappa shape index (κ3) is 5.05. The number of unbranched alkanes of at least 4 members (excludes halogenated alkanes) is 2. The standard InChI is InChI=1S/C21H25N3O2S/c1-2-3-10-15-22-27(25,26)20-17-24(16-18-11-6-4-7-12-18)23-21(20)19-13-8-5-9-14-19/h4-9,11-14,17,22H,2-3,10,15-16H2,1H3. The second-order valence-electron chi connectivity index (χ2n) is 6.50. The lowest BCUT2D eigenvalue weighted by atomic mass is 10.2. The van der Waals surface area contributed by atoms with E-state index >= 15 is 0 Å². The molecule has 0 saturated carbocycles. The molecule has 0 atom stereocenters. The molecular weight excluding hydrogens is 358 g/mol. The summed E-state index contributed by atoms with van der Waals surface area (Å²) >= 11 is 0. The second kappa shape index (κ2) is 8.97. The number of hydrogen-bond donors (Lipinski definition) is 1. The fourth-order valence-electron chi connectivity index (χ4n) is 2.91. The van der Waals surface area contributed by atoms with Gasteiger partial charge in [-0.3, -0.25) is 4.68 Å². The average Bonchev–Trinajstić information content (AvgIpc) is 3.12. The molecule has 1 N–H and O–H groups in total. The molecule has 0 aliphatic rings. The quantitative estimate of drug-likeness (QED) is 0.567. The monoisotopic (exact) mass is 383 g/mol. The third-order valence-corrected chi connectivity index (χ3v) is 5.79. The zero-order valence-corrected chi connectivity index (χ0v) is 16.3. The van der Waals surface area contributed by atoms with Gasteiger partial charge in [0.15, 0.2) is 0 Å². The summed E-state index contributed by atoms with van der Waals surface area (Å²) in [5.74, 6) is 0. The van der Waals surface area contributed by atoms with E-state index < -0.39 is 10.0 Å². The van der Waals surface area contributed by atoms with Crippen molar-refractivity contribution in [2.45, 2.75) is 37.6 Å². The molecule has 1 heterocycles. The van der Waals surface area contributed by atoms with Gasteiger partial charge in [-0.1, -0.05) is 80.4 Å². The Hall–Kier alpha value is -2.44. The van der Waals surface area contributed by atoms with Gasteiger partial charge in [0.05, 0.1) is 6.54 Å². The van der Waals surface area contributed by atoms with Crippen LogP contribution in [-0.4, -0.2) is 24.7 Å². The molecule has 0 fully saturated rings. The van der Waals surface area contributed by atoms with Gasteiger partial charge in [0.25, 0.3) is 0 Å². The van der Waals surface area contributed by atoms with E-state index in [1.807, 2.05) is 60.7 Å². The van der Waals surface area contributed by atoms with Crippen LogP contribution in [0.5, 0.6) is 0 Å². The Bertz CT molecular complexity index is 952. The van der Waals surface area contributed by atoms with Crippen molar-refractivity contribution in [3.63, 3.8) is 0 Å². The number of hydrogen-bond acceptors (Lipinski definition) is 3. The summed E-state index contributed by atoms with van der Waals surface area (Å²) in [6, 6.07) is 19.3. The van der Waals surface area contributed by atoms with E-state index in [0.717, 1.165) is 30.4 Å². The Balaban J connectivity index is 1.93. The third-order valence-electron chi connectivity index (χ3n) is 4.32. The minimum Gasteiger partial charge on any atom is -0.266 e. The first-order valence-electron chi connectivity index (χ1n) is 9.26. The van der Waals surface area contributed by atoms with Crippen LogP contribution >= 0.6 is 0 Å². The van der Waals surface area contributed by atoms with E-state index in [9.17, 15) is 8.42 Å². The van der Waals surface area contributed by atoms with Gasteiger partial charge in [0.2, 0.25) is 10.0 Å². The van der Waals surface area contributed by atoms with Crippen LogP contribution in [-0.2, 0) is 16.6 Å². The maximum Gasteiger partial charge on any atom is 0.244 e. The van der Waals surface area contributed by atoms with Crippen molar-refractivity contribution in [3.05, 3.63) is 72.4 Å². The molecule has 5 nitrogen and oxygen atoms in total. The topological polar surface area (TPSA) is 64.0 Å². The van der Waals surface area contributed by atoms with Gasteiger partial charge in [-0.05, 0) is 12.0 Å². The first-order chi connectivity index (χ1) is 13.1. The smallest absolute Gasteiger partial charge is 0.244 e. The van der Waals surface area contributed by atoms with Crippen LogP contribution in [0.1, 0.15) is 31.7 Å². The van der Waals surface area contributed by atoms with Crippen molar-refractivity contribution in [2.75, 3.05) is 6.54 Å². The zero-order chi connectivity index (χ0) is 19.1. The summed E-state index contributed by atoms with van der Waals surface area (Å²) in [5, 5.41) is 4.58. The van der Waals surface area contributed by atoms with Crippen molar-refractivity contribution in [2.24, 2.45) is 0 Å². The molecule has 0 aliphatic heterocycles. The highest BCUT2D eigenvalue weighted by molar-refractivity contribution is 7.89. The van der Waals surface area contributed by atoms with E-state index in [1.165, 1.54) is 0 Å². The fraction of sp³-hybridized carbons (Fsp3) is 0.286. The van der Waals surface area contributed by atoms with Crippen LogP contribution in [0.25, 0.3) is 11.3 Å². The van der Waals surface area contributed by atoms with Gasteiger partial charge in [0.1, 0.15) is 10.6 Å². The van der Waals surface area contributed by atoms with Crippen LogP contribution in [0.3, 0.4) is 0 Å². The summed E-state index contributed by atoms with van der Waals surface area (Å²) in [5.41, 5.74) is 2.34. The number of rotatable bonds is 9. The summed E-state index contributed by atoms with van der Waals surface area (Å²) in [4.78, 5) is 0.223. The van der Waals surface area contributed by atoms with Crippen LogP contribution < -0.4 is 4.72 Å². The fourth-order valence-corrected chi connectivity index (χ4v) is 4.15. The first kappa shape index (κ1) is 19.3. The molecule has 0 aliphatic carbocycles. The van der Waals surface area contributed by atoms with Gasteiger partial charge < -0.3 is 0 Å². The lowest BCUT2D eigenvalue weighted by Gasteiger charge is -2.06. The van der Waals surface area contributed by atoms with Gasteiger partial charge >= 0.3 is 0 Å². The lowest BCUT2D eigenvalue weighted by Crippen LogP contribution is -2.25. The number of sulfonamides is 1. The molecule has 0 amide bonds. The molecule has 6 heteroatoms. The molecule has 142 valence electrons. The van der Waals surface area contributed by atoms with Crippen LogP contribution in [0.2, 0.25) is 0 Å². The normalized spacial score (nSPS) is 11.6. The second-order valence-corrected chi connectivity index (χ2v) is 8.23. The molecule has 3 aromatic rings. The predicted octanol–water partition coefficient (Wildman–Crippen LogP) is 4.07. The number of aromatic nitrogens is 2. The molecule has 0 radical (unpaired) electrons. The van der Waals surface area contributed by atoms with Gasteiger partial charge in [-0.2, -0.15) is 5.10 Å². The molecule has 2 aromatic carbocycles. The molecular formula is C21H25N3O2S. The number of nitrogens with one attached hydrogen (secondary N) is 1. The SMILES string of the molecule is CCCCCNS(=O)(=O)c1cn(Cc2ccccc2)nc1-c1ccccc1. The molecule has 1 aromatic heterocycles. The van der Waals surface area contributed by atoms with E-state index in [4.69, 9.17) is 0 Å². The Morgan fingerprint density at radius 1 is 0.963 bits per heavy atom. The highest BCUT2D eigenvalue weighted by atomic mass is 32.2. The highest BCUT2D eigenvalue weighted by Gasteiger charge is 2.23. The van der Waals surface area contributed by atoms with E-state index in [1.54, 1.807) is 10.9 Å². The van der Waals surface area contributed by atoms with Crippen molar-refractivity contribution in [3.8, 4) is 11.3 Å². The van der Waals surface area contributed by atoms with E-state index in [-0.39, 0.29) is 4.90 Å². The summed E-state index contributed by atoms with van der Waals surface area (Å²) < 4.78 is 30.2.